The molecular weight excluding hydrogens is 240 g/mol. The number of nitrogens with zero attached hydrogens (tertiary/aromatic N) is 4. The predicted molar refractivity (Wildman–Crippen MR) is 76.4 cm³/mol. The number of aromatic nitrogens is 4. The van der Waals surface area contributed by atoms with Crippen LogP contribution in [0, 0.1) is 6.92 Å². The molecule has 6 nitrogen and oxygen atoms in total. The van der Waals surface area contributed by atoms with Crippen molar-refractivity contribution in [2.24, 2.45) is 7.05 Å². The number of rotatable bonds is 4. The summed E-state index contributed by atoms with van der Waals surface area (Å²) in [5.74, 6) is 2.02. The third kappa shape index (κ3) is 2.67. The quantitative estimate of drug-likeness (QED) is 0.878. The number of nitrogens with two attached hydrogens (primary N) is 1. The molecule has 19 heavy (non-hydrogen) atoms. The molecule has 2 aromatic heterocycles. The van der Waals surface area contributed by atoms with Crippen LogP contribution in [-0.2, 0) is 19.9 Å². The maximum absolute atomic E-state index is 5.91. The van der Waals surface area contributed by atoms with E-state index >= 15 is 0 Å². The number of anilines is 3. The largest absolute Gasteiger partial charge is 0.383 e. The first-order valence-electron chi connectivity index (χ1n) is 6.47. The normalized spacial score (nSPS) is 10.7. The summed E-state index contributed by atoms with van der Waals surface area (Å²) in [6.45, 7) is 6.00. The first kappa shape index (κ1) is 13.3. The molecule has 0 saturated carbocycles. The van der Waals surface area contributed by atoms with Crippen LogP contribution in [0.5, 0.6) is 0 Å². The van der Waals surface area contributed by atoms with Gasteiger partial charge >= 0.3 is 0 Å². The minimum absolute atomic E-state index is 0.524. The number of hydrogen-bond donors (Lipinski definition) is 2. The fourth-order valence-electron chi connectivity index (χ4n) is 1.89. The Kier molecular flexibility index (Phi) is 3.69. The molecule has 0 fully saturated rings. The molecule has 0 spiro atoms. The Morgan fingerprint density at radius 3 is 2.63 bits per heavy atom. The first-order chi connectivity index (χ1) is 9.05. The molecule has 0 unspecified atom stereocenters. The van der Waals surface area contributed by atoms with E-state index in [1.165, 1.54) is 0 Å². The predicted octanol–water partition coefficient (Wildman–Crippen LogP) is 1.97. The number of aryl methyl sites for hydroxylation is 3. The Morgan fingerprint density at radius 2 is 2.00 bits per heavy atom. The Hall–Kier alpha value is -2.11. The molecule has 3 N–H and O–H groups in total. The van der Waals surface area contributed by atoms with Gasteiger partial charge in [0.25, 0.3) is 0 Å². The van der Waals surface area contributed by atoms with Gasteiger partial charge in [-0.25, -0.2) is 9.97 Å². The van der Waals surface area contributed by atoms with E-state index in [1.807, 2.05) is 27.1 Å². The smallest absolute Gasteiger partial charge is 0.139 e. The molecule has 2 rings (SSSR count). The molecular formula is C13H20N6. The van der Waals surface area contributed by atoms with Gasteiger partial charge in [0.15, 0.2) is 0 Å². The monoisotopic (exact) mass is 260 g/mol. The van der Waals surface area contributed by atoms with Crippen LogP contribution in [0.15, 0.2) is 6.20 Å². The summed E-state index contributed by atoms with van der Waals surface area (Å²) in [7, 11) is 1.91. The van der Waals surface area contributed by atoms with Gasteiger partial charge in [0, 0.05) is 25.2 Å². The van der Waals surface area contributed by atoms with Gasteiger partial charge in [-0.15, -0.1) is 0 Å². The van der Waals surface area contributed by atoms with Crippen molar-refractivity contribution in [3.05, 3.63) is 23.3 Å². The fraction of sp³-hybridized carbons (Fsp3) is 0.462. The van der Waals surface area contributed by atoms with E-state index < -0.39 is 0 Å². The lowest BCUT2D eigenvalue weighted by atomic mass is 10.2. The SMILES string of the molecule is CCc1nc(N)c(C)c(Nc2cn(C)nc2CC)n1. The lowest BCUT2D eigenvalue weighted by Crippen LogP contribution is -2.07. The Morgan fingerprint density at radius 1 is 1.26 bits per heavy atom. The molecule has 0 aliphatic rings. The highest BCUT2D eigenvalue weighted by Gasteiger charge is 2.11. The standard InChI is InChI=1S/C13H20N6/c1-5-9-10(7-19(4)18-9)15-13-8(3)12(14)16-11(6-2)17-13/h7H,5-6H2,1-4H3,(H3,14,15,16,17). The molecule has 0 aliphatic heterocycles. The van der Waals surface area contributed by atoms with Crippen LogP contribution >= 0.6 is 0 Å². The molecule has 102 valence electrons. The number of nitrogen functional groups attached to an aromatic ring is 1. The molecule has 6 heteroatoms. The van der Waals surface area contributed by atoms with Crippen molar-refractivity contribution in [1.82, 2.24) is 19.7 Å². The van der Waals surface area contributed by atoms with Crippen LogP contribution < -0.4 is 11.1 Å². The molecule has 0 radical (unpaired) electrons. The zero-order valence-electron chi connectivity index (χ0n) is 11.9. The Bertz CT molecular complexity index is 587. The second-order valence-corrected chi connectivity index (χ2v) is 4.49. The summed E-state index contributed by atoms with van der Waals surface area (Å²) in [6.07, 6.45) is 3.57. The average molecular weight is 260 g/mol. The van der Waals surface area contributed by atoms with E-state index in [0.717, 1.165) is 41.4 Å². The van der Waals surface area contributed by atoms with Gasteiger partial charge in [-0.1, -0.05) is 13.8 Å². The maximum atomic E-state index is 5.91. The van der Waals surface area contributed by atoms with Gasteiger partial charge in [0.1, 0.15) is 17.5 Å². The lowest BCUT2D eigenvalue weighted by molar-refractivity contribution is 0.746. The summed E-state index contributed by atoms with van der Waals surface area (Å²) in [6, 6.07) is 0. The zero-order chi connectivity index (χ0) is 14.0. The van der Waals surface area contributed by atoms with E-state index in [1.54, 1.807) is 4.68 Å². The minimum atomic E-state index is 0.524. The van der Waals surface area contributed by atoms with E-state index in [0.29, 0.717) is 5.82 Å². The van der Waals surface area contributed by atoms with Crippen molar-refractivity contribution in [2.45, 2.75) is 33.6 Å². The van der Waals surface area contributed by atoms with Crippen molar-refractivity contribution < 1.29 is 0 Å². The summed E-state index contributed by atoms with van der Waals surface area (Å²) in [4.78, 5) is 8.74. The molecule has 0 saturated heterocycles. The molecule has 0 aliphatic carbocycles. The molecule has 2 heterocycles. The molecule has 2 aromatic rings. The Balaban J connectivity index is 2.39. The second-order valence-electron chi connectivity index (χ2n) is 4.49. The second kappa shape index (κ2) is 5.26. The maximum Gasteiger partial charge on any atom is 0.139 e. The molecule has 0 amide bonds. The van der Waals surface area contributed by atoms with Gasteiger partial charge in [-0.3, -0.25) is 4.68 Å². The highest BCUT2D eigenvalue weighted by Crippen LogP contribution is 2.24. The highest BCUT2D eigenvalue weighted by molar-refractivity contribution is 5.64. The summed E-state index contributed by atoms with van der Waals surface area (Å²) < 4.78 is 1.79. The van der Waals surface area contributed by atoms with E-state index in [4.69, 9.17) is 5.73 Å². The molecule has 0 aromatic carbocycles. The fourth-order valence-corrected chi connectivity index (χ4v) is 1.89. The number of hydrogen-bond acceptors (Lipinski definition) is 5. The van der Waals surface area contributed by atoms with Crippen LogP contribution in [0.1, 0.15) is 30.9 Å². The van der Waals surface area contributed by atoms with E-state index in [-0.39, 0.29) is 0 Å². The third-order valence-corrected chi connectivity index (χ3v) is 3.04. The van der Waals surface area contributed by atoms with E-state index in [9.17, 15) is 0 Å². The summed E-state index contributed by atoms with van der Waals surface area (Å²) in [5, 5.41) is 7.71. The molecule has 0 bridgehead atoms. The van der Waals surface area contributed by atoms with Crippen molar-refractivity contribution in [3.8, 4) is 0 Å². The van der Waals surface area contributed by atoms with Gasteiger partial charge in [-0.05, 0) is 13.3 Å². The molecule has 0 atom stereocenters. The van der Waals surface area contributed by atoms with Crippen molar-refractivity contribution in [1.29, 1.82) is 0 Å². The minimum Gasteiger partial charge on any atom is -0.383 e. The third-order valence-electron chi connectivity index (χ3n) is 3.04. The lowest BCUT2D eigenvalue weighted by Gasteiger charge is -2.11. The van der Waals surface area contributed by atoms with Gasteiger partial charge < -0.3 is 11.1 Å². The van der Waals surface area contributed by atoms with Gasteiger partial charge in [-0.2, -0.15) is 5.10 Å². The highest BCUT2D eigenvalue weighted by atomic mass is 15.3. The first-order valence-corrected chi connectivity index (χ1v) is 6.47. The van der Waals surface area contributed by atoms with Gasteiger partial charge in [0.2, 0.25) is 0 Å². The van der Waals surface area contributed by atoms with E-state index in [2.05, 4.69) is 27.3 Å². The van der Waals surface area contributed by atoms with Crippen LogP contribution in [-0.4, -0.2) is 19.7 Å². The van der Waals surface area contributed by atoms with Crippen LogP contribution in [0.25, 0.3) is 0 Å². The van der Waals surface area contributed by atoms with Crippen molar-refractivity contribution >= 4 is 17.3 Å². The topological polar surface area (TPSA) is 81.6 Å². The zero-order valence-corrected chi connectivity index (χ0v) is 11.9. The van der Waals surface area contributed by atoms with Gasteiger partial charge in [0.05, 0.1) is 11.4 Å². The average Bonchev–Trinajstić information content (AvgIpc) is 2.74. The number of nitrogens with one attached hydrogen (secondary N) is 1. The summed E-state index contributed by atoms with van der Waals surface area (Å²) >= 11 is 0. The van der Waals surface area contributed by atoms with Crippen LogP contribution in [0.4, 0.5) is 17.3 Å². The van der Waals surface area contributed by atoms with Crippen molar-refractivity contribution in [3.63, 3.8) is 0 Å². The van der Waals surface area contributed by atoms with Crippen LogP contribution in [0.2, 0.25) is 0 Å². The van der Waals surface area contributed by atoms with Crippen LogP contribution in [0.3, 0.4) is 0 Å². The Labute approximate surface area is 113 Å². The summed E-state index contributed by atoms with van der Waals surface area (Å²) in [5.41, 5.74) is 8.76. The van der Waals surface area contributed by atoms with Crippen molar-refractivity contribution in [2.75, 3.05) is 11.1 Å².